The van der Waals surface area contributed by atoms with Gasteiger partial charge in [0.25, 0.3) is 0 Å². The molecular formula is C15H14ClFN2OS. The summed E-state index contributed by atoms with van der Waals surface area (Å²) in [5, 5.41) is 0.0777. The number of fused-ring (bicyclic) bond motifs is 1. The van der Waals surface area contributed by atoms with Gasteiger partial charge in [-0.3, -0.25) is 0 Å². The van der Waals surface area contributed by atoms with Gasteiger partial charge in [-0.1, -0.05) is 11.6 Å². The molecule has 0 amide bonds. The SMILES string of the molecule is Cc1cc(C(C)n2c(=S)[nH]c3cc(Cl)c(F)cc32)c(C)o1. The number of benzene rings is 1. The lowest BCUT2D eigenvalue weighted by Gasteiger charge is -2.14. The number of imidazole rings is 1. The van der Waals surface area contributed by atoms with Crippen molar-refractivity contribution in [2.45, 2.75) is 26.8 Å². The van der Waals surface area contributed by atoms with E-state index in [0.29, 0.717) is 10.3 Å². The smallest absolute Gasteiger partial charge is 0.178 e. The maximum absolute atomic E-state index is 13.8. The molecular weight excluding hydrogens is 311 g/mol. The Morgan fingerprint density at radius 1 is 1.33 bits per heavy atom. The zero-order valence-corrected chi connectivity index (χ0v) is 13.4. The molecule has 1 unspecified atom stereocenters. The van der Waals surface area contributed by atoms with Gasteiger partial charge in [0, 0.05) is 11.6 Å². The molecule has 0 saturated heterocycles. The Balaban J connectivity index is 2.24. The quantitative estimate of drug-likeness (QED) is 0.648. The van der Waals surface area contributed by atoms with Crippen molar-refractivity contribution in [3.63, 3.8) is 0 Å². The standard InChI is InChI=1S/C15H14ClFN2OS/c1-7-4-10(9(3)20-7)8(2)19-14-6-12(17)11(16)5-13(14)18-15(19)21/h4-6,8H,1-3H3,(H,18,21). The molecule has 1 N–H and O–H groups in total. The molecule has 0 aliphatic carbocycles. The van der Waals surface area contributed by atoms with Crippen molar-refractivity contribution in [3.8, 4) is 0 Å². The summed E-state index contributed by atoms with van der Waals surface area (Å²) in [6.45, 7) is 5.82. The van der Waals surface area contributed by atoms with Crippen LogP contribution in [-0.2, 0) is 0 Å². The molecule has 0 aliphatic rings. The van der Waals surface area contributed by atoms with Gasteiger partial charge in [0.15, 0.2) is 4.77 Å². The van der Waals surface area contributed by atoms with Gasteiger partial charge in [-0.05, 0) is 45.1 Å². The average molecular weight is 325 g/mol. The summed E-state index contributed by atoms with van der Waals surface area (Å²) in [5.41, 5.74) is 2.43. The fourth-order valence-electron chi connectivity index (χ4n) is 2.71. The predicted octanol–water partition coefficient (Wildman–Crippen LogP) is 5.31. The van der Waals surface area contributed by atoms with E-state index >= 15 is 0 Å². The zero-order chi connectivity index (χ0) is 15.3. The first-order valence-electron chi connectivity index (χ1n) is 6.54. The third-order valence-electron chi connectivity index (χ3n) is 3.68. The molecule has 0 saturated carbocycles. The van der Waals surface area contributed by atoms with Gasteiger partial charge in [-0.25, -0.2) is 4.39 Å². The first-order valence-corrected chi connectivity index (χ1v) is 7.33. The van der Waals surface area contributed by atoms with Crippen LogP contribution in [0.2, 0.25) is 5.02 Å². The first-order chi connectivity index (χ1) is 9.88. The molecule has 0 radical (unpaired) electrons. The van der Waals surface area contributed by atoms with E-state index in [9.17, 15) is 4.39 Å². The molecule has 1 atom stereocenters. The van der Waals surface area contributed by atoms with E-state index < -0.39 is 5.82 Å². The monoisotopic (exact) mass is 324 g/mol. The van der Waals surface area contributed by atoms with Gasteiger partial charge >= 0.3 is 0 Å². The largest absolute Gasteiger partial charge is 0.466 e. The van der Waals surface area contributed by atoms with E-state index in [-0.39, 0.29) is 11.1 Å². The van der Waals surface area contributed by atoms with Crippen LogP contribution in [-0.4, -0.2) is 9.55 Å². The molecule has 0 spiro atoms. The molecule has 1 aromatic carbocycles. The molecule has 3 aromatic rings. The molecule has 0 aliphatic heterocycles. The number of halogens is 2. The molecule has 0 bridgehead atoms. The Morgan fingerprint density at radius 3 is 2.67 bits per heavy atom. The highest BCUT2D eigenvalue weighted by molar-refractivity contribution is 7.71. The fourth-order valence-corrected chi connectivity index (χ4v) is 3.24. The van der Waals surface area contributed by atoms with Gasteiger partial charge in [0.2, 0.25) is 0 Å². The van der Waals surface area contributed by atoms with Crippen LogP contribution in [0.15, 0.2) is 22.6 Å². The normalized spacial score (nSPS) is 13.0. The minimum atomic E-state index is -0.459. The predicted molar refractivity (Wildman–Crippen MR) is 84.1 cm³/mol. The topological polar surface area (TPSA) is 33.9 Å². The second kappa shape index (κ2) is 5.00. The first kappa shape index (κ1) is 14.4. The molecule has 3 rings (SSSR count). The van der Waals surface area contributed by atoms with Crippen molar-refractivity contribution in [1.29, 1.82) is 0 Å². The summed E-state index contributed by atoms with van der Waals surface area (Å²) in [7, 11) is 0. The van der Waals surface area contributed by atoms with Gasteiger partial charge in [-0.15, -0.1) is 0 Å². The summed E-state index contributed by atoms with van der Waals surface area (Å²) >= 11 is 11.2. The van der Waals surface area contributed by atoms with E-state index in [4.69, 9.17) is 28.2 Å². The van der Waals surface area contributed by atoms with Crippen LogP contribution >= 0.6 is 23.8 Å². The summed E-state index contributed by atoms with van der Waals surface area (Å²) in [6, 6.07) is 4.87. The summed E-state index contributed by atoms with van der Waals surface area (Å²) < 4.78 is 21.8. The third kappa shape index (κ3) is 2.30. The molecule has 110 valence electrons. The highest BCUT2D eigenvalue weighted by Crippen LogP contribution is 2.30. The van der Waals surface area contributed by atoms with E-state index in [2.05, 4.69) is 4.98 Å². The van der Waals surface area contributed by atoms with Crippen LogP contribution in [0.3, 0.4) is 0 Å². The van der Waals surface area contributed by atoms with E-state index in [1.54, 1.807) is 6.07 Å². The number of aromatic nitrogens is 2. The Hall–Kier alpha value is -1.59. The number of furan rings is 1. The Kier molecular flexibility index (Phi) is 3.42. The second-order valence-electron chi connectivity index (χ2n) is 5.13. The molecule has 21 heavy (non-hydrogen) atoms. The Bertz CT molecular complexity index is 893. The Labute approximate surface area is 131 Å². The summed E-state index contributed by atoms with van der Waals surface area (Å²) in [6.07, 6.45) is 0. The Morgan fingerprint density at radius 2 is 2.05 bits per heavy atom. The van der Waals surface area contributed by atoms with Crippen LogP contribution in [0.25, 0.3) is 11.0 Å². The van der Waals surface area contributed by atoms with Crippen molar-refractivity contribution in [1.82, 2.24) is 9.55 Å². The number of nitrogens with zero attached hydrogens (tertiary/aromatic N) is 1. The van der Waals surface area contributed by atoms with E-state index in [1.807, 2.05) is 31.4 Å². The average Bonchev–Trinajstić information content (AvgIpc) is 2.89. The number of aromatic amines is 1. The maximum Gasteiger partial charge on any atom is 0.178 e. The highest BCUT2D eigenvalue weighted by Gasteiger charge is 2.18. The highest BCUT2D eigenvalue weighted by atomic mass is 35.5. The van der Waals surface area contributed by atoms with E-state index in [1.165, 1.54) is 6.07 Å². The second-order valence-corrected chi connectivity index (χ2v) is 5.92. The molecule has 6 heteroatoms. The lowest BCUT2D eigenvalue weighted by atomic mass is 10.1. The van der Waals surface area contributed by atoms with E-state index in [0.717, 1.165) is 22.6 Å². The van der Waals surface area contributed by atoms with Crippen LogP contribution in [0.5, 0.6) is 0 Å². The minimum absolute atomic E-state index is 0.0655. The van der Waals surface area contributed by atoms with Crippen LogP contribution in [0, 0.1) is 24.4 Å². The van der Waals surface area contributed by atoms with Gasteiger partial charge in [-0.2, -0.15) is 0 Å². The number of rotatable bonds is 2. The molecule has 0 fully saturated rings. The molecule has 2 aromatic heterocycles. The van der Waals surface area contributed by atoms with Crippen molar-refractivity contribution in [2.75, 3.05) is 0 Å². The van der Waals surface area contributed by atoms with Crippen LogP contribution < -0.4 is 0 Å². The van der Waals surface area contributed by atoms with Crippen LogP contribution in [0.1, 0.15) is 30.0 Å². The zero-order valence-electron chi connectivity index (χ0n) is 11.8. The summed E-state index contributed by atoms with van der Waals surface area (Å²) in [4.78, 5) is 3.07. The van der Waals surface area contributed by atoms with Gasteiger partial charge < -0.3 is 14.0 Å². The van der Waals surface area contributed by atoms with Crippen molar-refractivity contribution < 1.29 is 8.81 Å². The van der Waals surface area contributed by atoms with Gasteiger partial charge in [0.1, 0.15) is 17.3 Å². The lowest BCUT2D eigenvalue weighted by molar-refractivity contribution is 0.495. The maximum atomic E-state index is 13.8. The number of hydrogen-bond donors (Lipinski definition) is 1. The van der Waals surface area contributed by atoms with Crippen molar-refractivity contribution in [3.05, 3.63) is 50.9 Å². The lowest BCUT2D eigenvalue weighted by Crippen LogP contribution is -2.07. The van der Waals surface area contributed by atoms with Crippen molar-refractivity contribution >= 4 is 34.9 Å². The van der Waals surface area contributed by atoms with Gasteiger partial charge in [0.05, 0.1) is 22.1 Å². The van der Waals surface area contributed by atoms with Crippen LogP contribution in [0.4, 0.5) is 4.39 Å². The summed E-state index contributed by atoms with van der Waals surface area (Å²) in [5.74, 6) is 1.22. The number of hydrogen-bond acceptors (Lipinski definition) is 2. The minimum Gasteiger partial charge on any atom is -0.466 e. The molecule has 3 nitrogen and oxygen atoms in total. The molecule has 2 heterocycles. The fraction of sp³-hybridized carbons (Fsp3) is 0.267. The number of nitrogens with one attached hydrogen (secondary N) is 1. The number of aryl methyl sites for hydroxylation is 2. The third-order valence-corrected chi connectivity index (χ3v) is 4.26. The van der Waals surface area contributed by atoms with Crippen molar-refractivity contribution in [2.24, 2.45) is 0 Å². The number of H-pyrrole nitrogens is 1.